The maximum atomic E-state index is 3.64. The smallest absolute Gasteiger partial charge is 0.0198 e. The van der Waals surface area contributed by atoms with E-state index in [9.17, 15) is 0 Å². The first kappa shape index (κ1) is 12.7. The Hall–Kier alpha value is -0.340. The van der Waals surface area contributed by atoms with Crippen molar-refractivity contribution in [3.05, 3.63) is 12.2 Å². The molecule has 0 bridgehead atoms. The molecule has 1 N–H and O–H groups in total. The second-order valence-corrected chi connectivity index (χ2v) is 5.11. The van der Waals surface area contributed by atoms with Gasteiger partial charge in [-0.3, -0.25) is 4.90 Å². The molecule has 0 saturated carbocycles. The molecule has 1 aliphatic heterocycles. The molecule has 1 fully saturated rings. The van der Waals surface area contributed by atoms with Gasteiger partial charge in [-0.1, -0.05) is 26.0 Å². The molecule has 15 heavy (non-hydrogen) atoms. The number of piperazine rings is 1. The molecule has 0 spiro atoms. The summed E-state index contributed by atoms with van der Waals surface area (Å²) in [5.41, 5.74) is 0. The Kier molecular flexibility index (Phi) is 5.34. The summed E-state index contributed by atoms with van der Waals surface area (Å²) < 4.78 is 0. The number of nitrogens with one attached hydrogen (secondary N) is 1. The van der Waals surface area contributed by atoms with E-state index in [0.29, 0.717) is 12.1 Å². The molecule has 2 nitrogen and oxygen atoms in total. The van der Waals surface area contributed by atoms with Gasteiger partial charge >= 0.3 is 0 Å². The van der Waals surface area contributed by atoms with E-state index in [1.165, 1.54) is 13.0 Å². The number of rotatable bonds is 4. The van der Waals surface area contributed by atoms with Crippen molar-refractivity contribution in [2.75, 3.05) is 19.6 Å². The molecule has 1 rings (SSSR count). The van der Waals surface area contributed by atoms with Crippen molar-refractivity contribution in [2.45, 2.75) is 46.2 Å². The second-order valence-electron chi connectivity index (χ2n) is 5.11. The van der Waals surface area contributed by atoms with Crippen LogP contribution in [0.4, 0.5) is 0 Å². The molecule has 2 heteroatoms. The third-order valence-electron chi connectivity index (χ3n) is 3.11. The van der Waals surface area contributed by atoms with E-state index in [2.05, 4.69) is 50.1 Å². The van der Waals surface area contributed by atoms with Crippen molar-refractivity contribution in [1.29, 1.82) is 0 Å². The summed E-state index contributed by atoms with van der Waals surface area (Å²) in [7, 11) is 0. The lowest BCUT2D eigenvalue weighted by atomic mass is 10.0. The second kappa shape index (κ2) is 6.29. The highest BCUT2D eigenvalue weighted by molar-refractivity contribution is 4.89. The van der Waals surface area contributed by atoms with Gasteiger partial charge in [0, 0.05) is 31.7 Å². The van der Waals surface area contributed by atoms with Crippen LogP contribution in [0.1, 0.15) is 34.1 Å². The van der Waals surface area contributed by atoms with Crippen LogP contribution in [0.2, 0.25) is 0 Å². The lowest BCUT2D eigenvalue weighted by Crippen LogP contribution is -2.55. The monoisotopic (exact) mass is 210 g/mol. The minimum Gasteiger partial charge on any atom is -0.311 e. The first-order valence-electron chi connectivity index (χ1n) is 6.22. The number of nitrogens with zero attached hydrogens (tertiary/aromatic N) is 1. The van der Waals surface area contributed by atoms with Crippen LogP contribution >= 0.6 is 0 Å². The zero-order valence-corrected chi connectivity index (χ0v) is 10.7. The van der Waals surface area contributed by atoms with Crippen LogP contribution in [0.3, 0.4) is 0 Å². The van der Waals surface area contributed by atoms with E-state index in [4.69, 9.17) is 0 Å². The standard InChI is InChI=1S/C13H26N2/c1-5-6-7-15-10-13(8-11(2)3)14-9-12(15)4/h5-6,11-14H,7-10H2,1-4H3/b6-5+. The lowest BCUT2D eigenvalue weighted by molar-refractivity contribution is 0.146. The SMILES string of the molecule is C/C=C/CN1CC(CC(C)C)NCC1C. The molecule has 1 saturated heterocycles. The van der Waals surface area contributed by atoms with E-state index < -0.39 is 0 Å². The van der Waals surface area contributed by atoms with Gasteiger partial charge in [0.25, 0.3) is 0 Å². The Bertz CT molecular complexity index is 199. The zero-order valence-electron chi connectivity index (χ0n) is 10.7. The van der Waals surface area contributed by atoms with Gasteiger partial charge < -0.3 is 5.32 Å². The van der Waals surface area contributed by atoms with Crippen molar-refractivity contribution in [3.63, 3.8) is 0 Å². The largest absolute Gasteiger partial charge is 0.311 e. The van der Waals surface area contributed by atoms with Gasteiger partial charge in [-0.15, -0.1) is 0 Å². The Morgan fingerprint density at radius 3 is 2.80 bits per heavy atom. The molecule has 0 aromatic carbocycles. The summed E-state index contributed by atoms with van der Waals surface area (Å²) in [4.78, 5) is 2.57. The topological polar surface area (TPSA) is 15.3 Å². The molecule has 0 aliphatic carbocycles. The summed E-state index contributed by atoms with van der Waals surface area (Å²) in [6, 6.07) is 1.36. The van der Waals surface area contributed by atoms with Crippen molar-refractivity contribution >= 4 is 0 Å². The highest BCUT2D eigenvalue weighted by Crippen LogP contribution is 2.12. The first-order chi connectivity index (χ1) is 7.13. The molecule has 0 aromatic heterocycles. The van der Waals surface area contributed by atoms with Gasteiger partial charge in [-0.25, -0.2) is 0 Å². The van der Waals surface area contributed by atoms with Crippen LogP contribution < -0.4 is 5.32 Å². The fourth-order valence-corrected chi connectivity index (χ4v) is 2.22. The Morgan fingerprint density at radius 1 is 1.47 bits per heavy atom. The predicted molar refractivity (Wildman–Crippen MR) is 67.1 cm³/mol. The highest BCUT2D eigenvalue weighted by atomic mass is 15.2. The average molecular weight is 210 g/mol. The maximum Gasteiger partial charge on any atom is 0.0198 e. The maximum absolute atomic E-state index is 3.64. The zero-order chi connectivity index (χ0) is 11.3. The molecule has 88 valence electrons. The van der Waals surface area contributed by atoms with E-state index in [0.717, 1.165) is 19.0 Å². The van der Waals surface area contributed by atoms with Gasteiger partial charge in [0.2, 0.25) is 0 Å². The molecule has 1 aliphatic rings. The minimum absolute atomic E-state index is 0.671. The van der Waals surface area contributed by atoms with Crippen LogP contribution in [0, 0.1) is 5.92 Å². The Labute approximate surface area is 94.7 Å². The summed E-state index contributed by atoms with van der Waals surface area (Å²) >= 11 is 0. The third kappa shape index (κ3) is 4.35. The molecule has 0 amide bonds. The first-order valence-corrected chi connectivity index (χ1v) is 6.22. The van der Waals surface area contributed by atoms with Crippen LogP contribution in [0.25, 0.3) is 0 Å². The van der Waals surface area contributed by atoms with Crippen LogP contribution in [-0.2, 0) is 0 Å². The number of hydrogen-bond acceptors (Lipinski definition) is 2. The molecule has 0 radical (unpaired) electrons. The van der Waals surface area contributed by atoms with Gasteiger partial charge in [-0.05, 0) is 26.2 Å². The molecule has 2 unspecified atom stereocenters. The fraction of sp³-hybridized carbons (Fsp3) is 0.846. The third-order valence-corrected chi connectivity index (χ3v) is 3.11. The van der Waals surface area contributed by atoms with Crippen molar-refractivity contribution in [1.82, 2.24) is 10.2 Å². The van der Waals surface area contributed by atoms with E-state index in [-0.39, 0.29) is 0 Å². The Balaban J connectivity index is 2.40. The highest BCUT2D eigenvalue weighted by Gasteiger charge is 2.24. The van der Waals surface area contributed by atoms with Crippen molar-refractivity contribution in [2.24, 2.45) is 5.92 Å². The summed E-state index contributed by atoms with van der Waals surface area (Å²) in [6.45, 7) is 12.4. The summed E-state index contributed by atoms with van der Waals surface area (Å²) in [6.07, 6.45) is 5.69. The van der Waals surface area contributed by atoms with Gasteiger partial charge in [0.05, 0.1) is 0 Å². The summed E-state index contributed by atoms with van der Waals surface area (Å²) in [5.74, 6) is 0.791. The molecular formula is C13H26N2. The molecular weight excluding hydrogens is 184 g/mol. The van der Waals surface area contributed by atoms with Crippen LogP contribution in [-0.4, -0.2) is 36.6 Å². The molecule has 0 aromatic rings. The van der Waals surface area contributed by atoms with Gasteiger partial charge in [0.1, 0.15) is 0 Å². The van der Waals surface area contributed by atoms with Crippen LogP contribution in [0.5, 0.6) is 0 Å². The number of hydrogen-bond donors (Lipinski definition) is 1. The molecule has 2 atom stereocenters. The quantitative estimate of drug-likeness (QED) is 0.716. The lowest BCUT2D eigenvalue weighted by Gasteiger charge is -2.38. The van der Waals surface area contributed by atoms with Crippen molar-refractivity contribution in [3.8, 4) is 0 Å². The van der Waals surface area contributed by atoms with E-state index in [1.54, 1.807) is 0 Å². The van der Waals surface area contributed by atoms with Crippen LogP contribution in [0.15, 0.2) is 12.2 Å². The van der Waals surface area contributed by atoms with Crippen molar-refractivity contribution < 1.29 is 0 Å². The fourth-order valence-electron chi connectivity index (χ4n) is 2.22. The average Bonchev–Trinajstić information content (AvgIpc) is 2.18. The predicted octanol–water partition coefficient (Wildman–Crippen LogP) is 2.27. The van der Waals surface area contributed by atoms with E-state index >= 15 is 0 Å². The normalized spacial score (nSPS) is 29.1. The minimum atomic E-state index is 0.671. The molecule has 1 heterocycles. The number of allylic oxidation sites excluding steroid dienone is 1. The summed E-state index contributed by atoms with van der Waals surface area (Å²) in [5, 5.41) is 3.64. The van der Waals surface area contributed by atoms with Gasteiger partial charge in [0.15, 0.2) is 0 Å². The Morgan fingerprint density at radius 2 is 2.20 bits per heavy atom. The van der Waals surface area contributed by atoms with Gasteiger partial charge in [-0.2, -0.15) is 0 Å². The van der Waals surface area contributed by atoms with E-state index in [1.807, 2.05) is 0 Å².